The lowest BCUT2D eigenvalue weighted by atomic mass is 10.3. The summed E-state index contributed by atoms with van der Waals surface area (Å²) in [5.41, 5.74) is 0. The zero-order valence-corrected chi connectivity index (χ0v) is 8.80. The molecule has 1 unspecified atom stereocenters. The number of carbonyl (C=O) groups is 1. The molecule has 0 aromatic carbocycles. The maximum Gasteiger partial charge on any atom is 0.330 e. The van der Waals surface area contributed by atoms with Gasteiger partial charge in [0, 0.05) is 18.9 Å². The third-order valence-corrected chi connectivity index (χ3v) is 2.03. The number of carbonyl (C=O) groups excluding carboxylic acids is 1. The van der Waals surface area contributed by atoms with E-state index < -0.39 is 12.0 Å². The molecule has 1 atom stereocenters. The van der Waals surface area contributed by atoms with E-state index in [9.17, 15) is 4.79 Å². The number of hydrogen-bond acceptors (Lipinski definition) is 5. The Bertz CT molecular complexity index is 324. The van der Waals surface area contributed by atoms with Crippen molar-refractivity contribution in [1.82, 2.24) is 9.55 Å². The molecule has 0 fully saturated rings. The van der Waals surface area contributed by atoms with E-state index in [0.717, 1.165) is 6.54 Å². The molecule has 0 aliphatic carbocycles. The normalized spacial score (nSPS) is 12.2. The molecule has 1 rings (SSSR count). The van der Waals surface area contributed by atoms with Crippen LogP contribution in [0.4, 0.5) is 5.95 Å². The average molecular weight is 213 g/mol. The number of ether oxygens (including phenoxy) is 1. The van der Waals surface area contributed by atoms with Gasteiger partial charge in [-0.2, -0.15) is 0 Å². The summed E-state index contributed by atoms with van der Waals surface area (Å²) in [7, 11) is 1.28. The van der Waals surface area contributed by atoms with Gasteiger partial charge in [0.25, 0.3) is 0 Å². The van der Waals surface area contributed by atoms with Crippen molar-refractivity contribution in [3.05, 3.63) is 12.4 Å². The SMILES string of the molecule is CCn1ccnc1NC(CO)C(=O)OC. The van der Waals surface area contributed by atoms with Crippen molar-refractivity contribution in [2.75, 3.05) is 19.0 Å². The van der Waals surface area contributed by atoms with Gasteiger partial charge in [-0.25, -0.2) is 9.78 Å². The molecule has 0 bridgehead atoms. The number of aliphatic hydroxyl groups is 1. The molecule has 84 valence electrons. The maximum atomic E-state index is 11.2. The van der Waals surface area contributed by atoms with Gasteiger partial charge in [-0.3, -0.25) is 0 Å². The monoisotopic (exact) mass is 213 g/mol. The first-order valence-electron chi connectivity index (χ1n) is 4.69. The van der Waals surface area contributed by atoms with Crippen LogP contribution in [0.5, 0.6) is 0 Å². The minimum Gasteiger partial charge on any atom is -0.467 e. The summed E-state index contributed by atoms with van der Waals surface area (Å²) in [5, 5.41) is 11.8. The first-order valence-corrected chi connectivity index (χ1v) is 4.69. The first kappa shape index (κ1) is 11.5. The molecule has 0 amide bonds. The second kappa shape index (κ2) is 5.35. The maximum absolute atomic E-state index is 11.2. The van der Waals surface area contributed by atoms with Gasteiger partial charge < -0.3 is 19.7 Å². The average Bonchev–Trinajstić information content (AvgIpc) is 2.71. The number of esters is 1. The lowest BCUT2D eigenvalue weighted by Crippen LogP contribution is -2.35. The van der Waals surface area contributed by atoms with Gasteiger partial charge in [0.1, 0.15) is 0 Å². The molecular weight excluding hydrogens is 198 g/mol. The third kappa shape index (κ3) is 2.69. The second-order valence-corrected chi connectivity index (χ2v) is 2.94. The van der Waals surface area contributed by atoms with Crippen LogP contribution in [-0.2, 0) is 16.1 Å². The Hall–Kier alpha value is -1.56. The Kier molecular flexibility index (Phi) is 4.11. The molecule has 15 heavy (non-hydrogen) atoms. The van der Waals surface area contributed by atoms with Crippen LogP contribution in [0.2, 0.25) is 0 Å². The van der Waals surface area contributed by atoms with E-state index >= 15 is 0 Å². The van der Waals surface area contributed by atoms with Crippen LogP contribution < -0.4 is 5.32 Å². The molecule has 2 N–H and O–H groups in total. The Morgan fingerprint density at radius 1 is 1.80 bits per heavy atom. The predicted molar refractivity (Wildman–Crippen MR) is 54.4 cm³/mol. The van der Waals surface area contributed by atoms with Crippen molar-refractivity contribution >= 4 is 11.9 Å². The van der Waals surface area contributed by atoms with Crippen molar-refractivity contribution < 1.29 is 14.6 Å². The number of nitrogens with zero attached hydrogens (tertiary/aromatic N) is 2. The van der Waals surface area contributed by atoms with Crippen molar-refractivity contribution in [3.8, 4) is 0 Å². The number of hydrogen-bond donors (Lipinski definition) is 2. The smallest absolute Gasteiger partial charge is 0.330 e. The summed E-state index contributed by atoms with van der Waals surface area (Å²) in [6.45, 7) is 2.36. The molecule has 6 nitrogen and oxygen atoms in total. The zero-order chi connectivity index (χ0) is 11.3. The predicted octanol–water partition coefficient (Wildman–Crippen LogP) is -0.151. The van der Waals surface area contributed by atoms with E-state index in [-0.39, 0.29) is 6.61 Å². The Morgan fingerprint density at radius 3 is 3.07 bits per heavy atom. The van der Waals surface area contributed by atoms with E-state index in [1.807, 2.05) is 11.5 Å². The van der Waals surface area contributed by atoms with Crippen molar-refractivity contribution in [3.63, 3.8) is 0 Å². The molecule has 0 saturated heterocycles. The molecule has 0 radical (unpaired) electrons. The fraction of sp³-hybridized carbons (Fsp3) is 0.556. The van der Waals surface area contributed by atoms with Crippen LogP contribution >= 0.6 is 0 Å². The number of imidazole rings is 1. The summed E-state index contributed by atoms with van der Waals surface area (Å²) in [6, 6.07) is -0.775. The van der Waals surface area contributed by atoms with Crippen LogP contribution in [0.1, 0.15) is 6.92 Å². The molecule has 0 saturated carbocycles. The van der Waals surface area contributed by atoms with Gasteiger partial charge in [0.2, 0.25) is 5.95 Å². The Labute approximate surface area is 87.9 Å². The highest BCUT2D eigenvalue weighted by Gasteiger charge is 2.19. The summed E-state index contributed by atoms with van der Waals surface area (Å²) < 4.78 is 6.35. The van der Waals surface area contributed by atoms with Crippen LogP contribution in [0.25, 0.3) is 0 Å². The molecule has 0 aliphatic heterocycles. The standard InChI is InChI=1S/C9H15N3O3/c1-3-12-5-4-10-9(12)11-7(6-13)8(14)15-2/h4-5,7,13H,3,6H2,1-2H3,(H,10,11). The first-order chi connectivity index (χ1) is 7.22. The van der Waals surface area contributed by atoms with Crippen LogP contribution in [0.15, 0.2) is 12.4 Å². The summed E-state index contributed by atoms with van der Waals surface area (Å²) in [6.07, 6.45) is 3.41. The molecule has 0 spiro atoms. The van der Waals surface area contributed by atoms with E-state index in [2.05, 4.69) is 15.0 Å². The van der Waals surface area contributed by atoms with Gasteiger partial charge in [0.05, 0.1) is 13.7 Å². The topological polar surface area (TPSA) is 76.4 Å². The largest absolute Gasteiger partial charge is 0.467 e. The van der Waals surface area contributed by atoms with Gasteiger partial charge in [-0.1, -0.05) is 0 Å². The summed E-state index contributed by atoms with van der Waals surface area (Å²) in [4.78, 5) is 15.2. The summed E-state index contributed by atoms with van der Waals surface area (Å²) in [5.74, 6) is 0.0325. The molecule has 1 heterocycles. The molecular formula is C9H15N3O3. The van der Waals surface area contributed by atoms with E-state index in [1.54, 1.807) is 12.4 Å². The highest BCUT2D eigenvalue weighted by atomic mass is 16.5. The molecule has 1 aromatic rings. The Balaban J connectivity index is 2.70. The minimum atomic E-state index is -0.775. The van der Waals surface area contributed by atoms with Crippen LogP contribution in [-0.4, -0.2) is 40.4 Å². The number of aliphatic hydroxyl groups excluding tert-OH is 1. The van der Waals surface area contributed by atoms with Crippen LogP contribution in [0, 0.1) is 0 Å². The van der Waals surface area contributed by atoms with Gasteiger partial charge in [-0.15, -0.1) is 0 Å². The number of aromatic nitrogens is 2. The second-order valence-electron chi connectivity index (χ2n) is 2.94. The zero-order valence-electron chi connectivity index (χ0n) is 8.80. The number of nitrogens with one attached hydrogen (secondary N) is 1. The van der Waals surface area contributed by atoms with Crippen molar-refractivity contribution in [1.29, 1.82) is 0 Å². The molecule has 1 aromatic heterocycles. The Morgan fingerprint density at radius 2 is 2.53 bits per heavy atom. The van der Waals surface area contributed by atoms with E-state index in [0.29, 0.717) is 5.95 Å². The fourth-order valence-corrected chi connectivity index (χ4v) is 1.18. The van der Waals surface area contributed by atoms with Crippen molar-refractivity contribution in [2.45, 2.75) is 19.5 Å². The molecule has 0 aliphatic rings. The van der Waals surface area contributed by atoms with Gasteiger partial charge >= 0.3 is 5.97 Å². The highest BCUT2D eigenvalue weighted by Crippen LogP contribution is 2.06. The fourth-order valence-electron chi connectivity index (χ4n) is 1.18. The minimum absolute atomic E-state index is 0.330. The number of methoxy groups -OCH3 is 1. The van der Waals surface area contributed by atoms with E-state index in [4.69, 9.17) is 5.11 Å². The van der Waals surface area contributed by atoms with Crippen molar-refractivity contribution in [2.24, 2.45) is 0 Å². The summed E-state index contributed by atoms with van der Waals surface area (Å²) >= 11 is 0. The van der Waals surface area contributed by atoms with E-state index in [1.165, 1.54) is 7.11 Å². The lowest BCUT2D eigenvalue weighted by Gasteiger charge is -2.14. The highest BCUT2D eigenvalue weighted by molar-refractivity contribution is 5.78. The molecule has 6 heteroatoms. The van der Waals surface area contributed by atoms with Crippen LogP contribution in [0.3, 0.4) is 0 Å². The number of anilines is 1. The third-order valence-electron chi connectivity index (χ3n) is 2.03. The number of aryl methyl sites for hydroxylation is 1. The lowest BCUT2D eigenvalue weighted by molar-refractivity contribution is -0.142. The van der Waals surface area contributed by atoms with Gasteiger partial charge in [-0.05, 0) is 6.92 Å². The quantitative estimate of drug-likeness (QED) is 0.665. The number of rotatable bonds is 5. The van der Waals surface area contributed by atoms with Gasteiger partial charge in [0.15, 0.2) is 6.04 Å².